The minimum absolute atomic E-state index is 0.111. The van der Waals surface area contributed by atoms with Crippen LogP contribution in [-0.2, 0) is 6.42 Å². The summed E-state index contributed by atoms with van der Waals surface area (Å²) in [6.07, 6.45) is 3.43. The Morgan fingerprint density at radius 1 is 1.33 bits per heavy atom. The first kappa shape index (κ1) is 15.7. The first-order valence-corrected chi connectivity index (χ1v) is 7.60. The van der Waals surface area contributed by atoms with Gasteiger partial charge in [-0.25, -0.2) is 0 Å². The van der Waals surface area contributed by atoms with Crippen LogP contribution in [0.1, 0.15) is 30.5 Å². The third-order valence-electron chi connectivity index (χ3n) is 3.25. The van der Waals surface area contributed by atoms with E-state index in [0.29, 0.717) is 0 Å². The molecule has 0 fully saturated rings. The highest BCUT2D eigenvalue weighted by Gasteiger charge is 2.17. The molecule has 0 spiro atoms. The van der Waals surface area contributed by atoms with Crippen LogP contribution in [0.2, 0.25) is 0 Å². The van der Waals surface area contributed by atoms with Crippen molar-refractivity contribution in [3.63, 3.8) is 0 Å². The van der Waals surface area contributed by atoms with Gasteiger partial charge in [0.15, 0.2) is 4.67 Å². The zero-order valence-electron chi connectivity index (χ0n) is 11.7. The third kappa shape index (κ3) is 4.15. The number of nitrogens with zero attached hydrogens (tertiary/aromatic N) is 1. The molecule has 112 valence electrons. The van der Waals surface area contributed by atoms with Crippen molar-refractivity contribution in [1.29, 1.82) is 0 Å². The van der Waals surface area contributed by atoms with E-state index in [1.165, 1.54) is 12.1 Å². The number of non-ortho nitro benzene ring substituents is 1. The third-order valence-corrected chi connectivity index (χ3v) is 3.89. The van der Waals surface area contributed by atoms with Crippen LogP contribution in [0.5, 0.6) is 0 Å². The van der Waals surface area contributed by atoms with E-state index in [9.17, 15) is 10.1 Å². The molecule has 21 heavy (non-hydrogen) atoms. The highest BCUT2D eigenvalue weighted by Crippen LogP contribution is 2.27. The van der Waals surface area contributed by atoms with Gasteiger partial charge in [-0.05, 0) is 46.9 Å². The molecular weight excluding hydrogens is 336 g/mol. The minimum Gasteiger partial charge on any atom is -0.457 e. The summed E-state index contributed by atoms with van der Waals surface area (Å²) in [5.74, 6) is 0. The number of nitrogens with one attached hydrogen (secondary N) is 1. The van der Waals surface area contributed by atoms with Crippen LogP contribution in [0.25, 0.3) is 0 Å². The van der Waals surface area contributed by atoms with Gasteiger partial charge in [-0.3, -0.25) is 10.1 Å². The van der Waals surface area contributed by atoms with E-state index in [1.54, 1.807) is 18.4 Å². The van der Waals surface area contributed by atoms with Gasteiger partial charge >= 0.3 is 0 Å². The molecule has 0 amide bonds. The molecule has 0 saturated carbocycles. The maximum atomic E-state index is 10.7. The lowest BCUT2D eigenvalue weighted by atomic mass is 10.0. The Morgan fingerprint density at radius 3 is 2.57 bits per heavy atom. The number of nitro groups is 1. The van der Waals surface area contributed by atoms with Gasteiger partial charge in [0.1, 0.15) is 0 Å². The highest BCUT2D eigenvalue weighted by molar-refractivity contribution is 9.10. The van der Waals surface area contributed by atoms with Crippen molar-refractivity contribution in [2.24, 2.45) is 0 Å². The molecule has 1 atom stereocenters. The smallest absolute Gasteiger partial charge is 0.269 e. The lowest BCUT2D eigenvalue weighted by Gasteiger charge is -2.17. The predicted octanol–water partition coefficient (Wildman–Crippen LogP) is 4.23. The number of rotatable bonds is 7. The number of hydrogen-bond acceptors (Lipinski definition) is 4. The summed E-state index contributed by atoms with van der Waals surface area (Å²) < 4.78 is 6.02. The Morgan fingerprint density at radius 2 is 2.05 bits per heavy atom. The normalized spacial score (nSPS) is 12.3. The fourth-order valence-corrected chi connectivity index (χ4v) is 2.67. The van der Waals surface area contributed by atoms with Crippen molar-refractivity contribution in [2.75, 3.05) is 6.54 Å². The number of benzene rings is 1. The van der Waals surface area contributed by atoms with Crippen molar-refractivity contribution < 1.29 is 9.34 Å². The Balaban J connectivity index is 2.14. The van der Waals surface area contributed by atoms with E-state index >= 15 is 0 Å². The van der Waals surface area contributed by atoms with Crippen molar-refractivity contribution >= 4 is 21.6 Å². The second kappa shape index (κ2) is 7.38. The molecule has 0 aliphatic rings. The Bertz CT molecular complexity index is 595. The lowest BCUT2D eigenvalue weighted by Crippen LogP contribution is -2.24. The summed E-state index contributed by atoms with van der Waals surface area (Å²) in [5.41, 5.74) is 2.21. The standard InChI is InChI=1S/C15H17BrN2O3/c1-2-8-17-14(13-7-9-21-15(13)16)10-11-3-5-12(6-4-11)18(19)20/h3-7,9,14,17H,2,8,10H2,1H3. The van der Waals surface area contributed by atoms with Gasteiger partial charge in [0.05, 0.1) is 11.2 Å². The Labute approximate surface area is 131 Å². The molecule has 6 heteroatoms. The average Bonchev–Trinajstić information content (AvgIpc) is 2.90. The van der Waals surface area contributed by atoms with Crippen LogP contribution < -0.4 is 5.32 Å². The van der Waals surface area contributed by atoms with Crippen molar-refractivity contribution in [1.82, 2.24) is 5.32 Å². The molecule has 5 nitrogen and oxygen atoms in total. The van der Waals surface area contributed by atoms with E-state index in [0.717, 1.165) is 35.2 Å². The SMILES string of the molecule is CCCNC(Cc1ccc([N+](=O)[O-])cc1)c1ccoc1Br. The predicted molar refractivity (Wildman–Crippen MR) is 84.2 cm³/mol. The van der Waals surface area contributed by atoms with Crippen LogP contribution in [0.15, 0.2) is 45.7 Å². The molecule has 1 heterocycles. The van der Waals surface area contributed by atoms with Crippen molar-refractivity contribution in [3.05, 3.63) is 62.5 Å². The molecule has 0 aliphatic carbocycles. The topological polar surface area (TPSA) is 68.3 Å². The quantitative estimate of drug-likeness (QED) is 0.597. The van der Waals surface area contributed by atoms with Gasteiger partial charge in [-0.1, -0.05) is 19.1 Å². The maximum absolute atomic E-state index is 10.7. The monoisotopic (exact) mass is 352 g/mol. The lowest BCUT2D eigenvalue weighted by molar-refractivity contribution is -0.384. The van der Waals surface area contributed by atoms with Crippen LogP contribution in [0.4, 0.5) is 5.69 Å². The van der Waals surface area contributed by atoms with Gasteiger partial charge in [0.25, 0.3) is 5.69 Å². The summed E-state index contributed by atoms with van der Waals surface area (Å²) in [6.45, 7) is 3.01. The van der Waals surface area contributed by atoms with Crippen LogP contribution in [0.3, 0.4) is 0 Å². The molecule has 1 aromatic carbocycles. The first-order valence-electron chi connectivity index (χ1n) is 6.81. The van der Waals surface area contributed by atoms with Crippen molar-refractivity contribution in [3.8, 4) is 0 Å². The maximum Gasteiger partial charge on any atom is 0.269 e. The zero-order chi connectivity index (χ0) is 15.2. The second-order valence-corrected chi connectivity index (χ2v) is 5.50. The summed E-state index contributed by atoms with van der Waals surface area (Å²) in [4.78, 5) is 10.3. The molecule has 0 aliphatic heterocycles. The fraction of sp³-hybridized carbons (Fsp3) is 0.333. The first-order chi connectivity index (χ1) is 10.1. The van der Waals surface area contributed by atoms with E-state index in [1.807, 2.05) is 6.07 Å². The van der Waals surface area contributed by atoms with Crippen molar-refractivity contribution in [2.45, 2.75) is 25.8 Å². The van der Waals surface area contributed by atoms with Crippen LogP contribution in [0, 0.1) is 10.1 Å². The molecule has 1 N–H and O–H groups in total. The summed E-state index contributed by atoms with van der Waals surface area (Å²) >= 11 is 3.41. The average molecular weight is 353 g/mol. The molecule has 0 saturated heterocycles. The fourth-order valence-electron chi connectivity index (χ4n) is 2.15. The molecule has 2 aromatic rings. The van der Waals surface area contributed by atoms with Gasteiger partial charge in [0.2, 0.25) is 0 Å². The molecule has 0 radical (unpaired) electrons. The minimum atomic E-state index is -0.386. The largest absolute Gasteiger partial charge is 0.457 e. The molecule has 0 bridgehead atoms. The Hall–Kier alpha value is -1.66. The van der Waals surface area contributed by atoms with E-state index in [2.05, 4.69) is 28.2 Å². The zero-order valence-corrected chi connectivity index (χ0v) is 13.3. The van der Waals surface area contributed by atoms with Gasteiger partial charge < -0.3 is 9.73 Å². The van der Waals surface area contributed by atoms with Gasteiger partial charge in [0, 0.05) is 23.7 Å². The molecule has 1 aromatic heterocycles. The Kier molecular flexibility index (Phi) is 5.52. The molecular formula is C15H17BrN2O3. The summed E-state index contributed by atoms with van der Waals surface area (Å²) in [5, 5.41) is 14.2. The van der Waals surface area contributed by atoms with E-state index < -0.39 is 0 Å². The van der Waals surface area contributed by atoms with Crippen LogP contribution >= 0.6 is 15.9 Å². The van der Waals surface area contributed by atoms with E-state index in [-0.39, 0.29) is 16.7 Å². The number of nitro benzene ring substituents is 1. The molecule has 2 rings (SSSR count). The van der Waals surface area contributed by atoms with Gasteiger partial charge in [-0.15, -0.1) is 0 Å². The number of furan rings is 1. The highest BCUT2D eigenvalue weighted by atomic mass is 79.9. The molecule has 1 unspecified atom stereocenters. The summed E-state index contributed by atoms with van der Waals surface area (Å²) in [7, 11) is 0. The number of halogens is 1. The van der Waals surface area contributed by atoms with Crippen LogP contribution in [-0.4, -0.2) is 11.5 Å². The summed E-state index contributed by atoms with van der Waals surface area (Å²) in [6, 6.07) is 8.72. The second-order valence-electron chi connectivity index (χ2n) is 4.78. The van der Waals surface area contributed by atoms with E-state index in [4.69, 9.17) is 4.42 Å². The number of hydrogen-bond donors (Lipinski definition) is 1. The van der Waals surface area contributed by atoms with Gasteiger partial charge in [-0.2, -0.15) is 0 Å².